The Morgan fingerprint density at radius 1 is 1.31 bits per heavy atom. The molecule has 0 N–H and O–H groups in total. The van der Waals surface area contributed by atoms with Gasteiger partial charge >= 0.3 is 5.97 Å². The third kappa shape index (κ3) is 5.23. The second kappa shape index (κ2) is 6.46. The Hall–Kier alpha value is -1.05. The molecule has 0 spiro atoms. The van der Waals surface area contributed by atoms with E-state index in [1.165, 1.54) is 12.7 Å². The van der Waals surface area contributed by atoms with Crippen molar-refractivity contribution in [1.29, 1.82) is 0 Å². The molecule has 0 aromatic carbocycles. The summed E-state index contributed by atoms with van der Waals surface area (Å²) in [6.45, 7) is 6.03. The van der Waals surface area contributed by atoms with Crippen molar-refractivity contribution in [1.82, 2.24) is 0 Å². The van der Waals surface area contributed by atoms with Crippen LogP contribution in [0.1, 0.15) is 33.6 Å². The normalized spacial score (nSPS) is 10.9. The molecule has 0 amide bonds. The van der Waals surface area contributed by atoms with Crippen molar-refractivity contribution in [3.05, 3.63) is 23.3 Å². The highest BCUT2D eigenvalue weighted by Gasteiger charge is 2.04. The minimum atomic E-state index is -0.218. The summed E-state index contributed by atoms with van der Waals surface area (Å²) >= 11 is 0. The van der Waals surface area contributed by atoms with Gasteiger partial charge < -0.3 is 4.74 Å². The highest BCUT2D eigenvalue weighted by Crippen LogP contribution is 2.05. The van der Waals surface area contributed by atoms with Crippen LogP contribution < -0.4 is 0 Å². The molecule has 0 atom stereocenters. The zero-order valence-electron chi connectivity index (χ0n) is 8.89. The minimum Gasteiger partial charge on any atom is -0.466 e. The van der Waals surface area contributed by atoms with Crippen molar-refractivity contribution in [2.24, 2.45) is 0 Å². The molecule has 0 aliphatic carbocycles. The van der Waals surface area contributed by atoms with Crippen molar-refractivity contribution in [3.63, 3.8) is 0 Å². The van der Waals surface area contributed by atoms with Gasteiger partial charge in [0.2, 0.25) is 0 Å². The third-order valence-corrected chi connectivity index (χ3v) is 1.72. The van der Waals surface area contributed by atoms with Crippen LogP contribution in [0.3, 0.4) is 0 Å². The van der Waals surface area contributed by atoms with Gasteiger partial charge in [-0.3, -0.25) is 0 Å². The molecule has 0 fully saturated rings. The van der Waals surface area contributed by atoms with E-state index in [1.807, 2.05) is 26.8 Å². The fourth-order valence-corrected chi connectivity index (χ4v) is 0.940. The van der Waals surface area contributed by atoms with Crippen molar-refractivity contribution in [2.45, 2.75) is 33.6 Å². The molecule has 0 radical (unpaired) electrons. The Morgan fingerprint density at radius 2 is 1.92 bits per heavy atom. The average Bonchev–Trinajstić information content (AvgIpc) is 2.11. The van der Waals surface area contributed by atoms with Crippen LogP contribution in [0.25, 0.3) is 0 Å². The lowest BCUT2D eigenvalue weighted by Gasteiger charge is -2.00. The molecule has 0 heterocycles. The van der Waals surface area contributed by atoms with Gasteiger partial charge in [0.15, 0.2) is 0 Å². The van der Waals surface area contributed by atoms with Crippen LogP contribution in [-0.2, 0) is 9.53 Å². The first-order chi connectivity index (χ1) is 6.11. The maximum atomic E-state index is 11.1. The van der Waals surface area contributed by atoms with Gasteiger partial charge in [-0.25, -0.2) is 4.79 Å². The van der Waals surface area contributed by atoms with Gasteiger partial charge in [-0.1, -0.05) is 24.6 Å². The van der Waals surface area contributed by atoms with Crippen LogP contribution in [0, 0.1) is 0 Å². The van der Waals surface area contributed by atoms with Crippen LogP contribution in [0.5, 0.6) is 0 Å². The van der Waals surface area contributed by atoms with E-state index in [2.05, 4.69) is 10.8 Å². The standard InChI is InChI=1S/C11H18O2/c1-5-10(11(12)13-4)8-6-7-9(2)3/h7-8H,5-6H2,1-4H3/b10-8+. The van der Waals surface area contributed by atoms with Crippen LogP contribution in [0.15, 0.2) is 23.3 Å². The van der Waals surface area contributed by atoms with Gasteiger partial charge in [0.1, 0.15) is 0 Å². The van der Waals surface area contributed by atoms with E-state index < -0.39 is 0 Å². The third-order valence-electron chi connectivity index (χ3n) is 1.72. The Morgan fingerprint density at radius 3 is 2.31 bits per heavy atom. The van der Waals surface area contributed by atoms with Gasteiger partial charge in [0.25, 0.3) is 0 Å². The lowest BCUT2D eigenvalue weighted by atomic mass is 10.1. The topological polar surface area (TPSA) is 26.3 Å². The van der Waals surface area contributed by atoms with E-state index in [4.69, 9.17) is 0 Å². The molecule has 13 heavy (non-hydrogen) atoms. The van der Waals surface area contributed by atoms with Crippen molar-refractivity contribution < 1.29 is 9.53 Å². The molecule has 0 aliphatic heterocycles. The van der Waals surface area contributed by atoms with Crippen LogP contribution in [0.4, 0.5) is 0 Å². The molecule has 0 aromatic heterocycles. The van der Waals surface area contributed by atoms with Crippen molar-refractivity contribution in [2.75, 3.05) is 7.11 Å². The number of methoxy groups -OCH3 is 1. The summed E-state index contributed by atoms with van der Waals surface area (Å²) in [4.78, 5) is 11.1. The van der Waals surface area contributed by atoms with E-state index >= 15 is 0 Å². The highest BCUT2D eigenvalue weighted by molar-refractivity contribution is 5.88. The van der Waals surface area contributed by atoms with Gasteiger partial charge in [0, 0.05) is 5.57 Å². The monoisotopic (exact) mass is 182 g/mol. The maximum absolute atomic E-state index is 11.1. The van der Waals surface area contributed by atoms with Crippen LogP contribution in [0.2, 0.25) is 0 Å². The second-order valence-electron chi connectivity index (χ2n) is 3.09. The molecule has 0 aliphatic rings. The Kier molecular flexibility index (Phi) is 5.94. The number of carbonyl (C=O) groups excluding carboxylic acids is 1. The molecule has 2 heteroatoms. The van der Waals surface area contributed by atoms with Crippen LogP contribution in [-0.4, -0.2) is 13.1 Å². The summed E-state index contributed by atoms with van der Waals surface area (Å²) in [6, 6.07) is 0. The largest absolute Gasteiger partial charge is 0.466 e. The summed E-state index contributed by atoms with van der Waals surface area (Å²) in [6.07, 6.45) is 5.53. The molecular weight excluding hydrogens is 164 g/mol. The summed E-state index contributed by atoms with van der Waals surface area (Å²) < 4.78 is 4.63. The number of carbonyl (C=O) groups is 1. The lowest BCUT2D eigenvalue weighted by molar-refractivity contribution is -0.136. The first kappa shape index (κ1) is 11.9. The zero-order chi connectivity index (χ0) is 10.3. The number of hydrogen-bond donors (Lipinski definition) is 0. The first-order valence-corrected chi connectivity index (χ1v) is 4.52. The SMILES string of the molecule is CC/C(=C\CC=C(C)C)C(=O)OC. The Bertz CT molecular complexity index is 220. The second-order valence-corrected chi connectivity index (χ2v) is 3.09. The number of esters is 1. The molecule has 0 rings (SSSR count). The van der Waals surface area contributed by atoms with Gasteiger partial charge in [-0.15, -0.1) is 0 Å². The summed E-state index contributed by atoms with van der Waals surface area (Å²) in [5, 5.41) is 0. The smallest absolute Gasteiger partial charge is 0.333 e. The van der Waals surface area contributed by atoms with E-state index in [-0.39, 0.29) is 5.97 Å². The quantitative estimate of drug-likeness (QED) is 0.379. The van der Waals surface area contributed by atoms with E-state index in [0.717, 1.165) is 18.4 Å². The van der Waals surface area contributed by atoms with E-state index in [0.29, 0.717) is 0 Å². The number of ether oxygens (including phenoxy) is 1. The highest BCUT2D eigenvalue weighted by atomic mass is 16.5. The molecule has 0 bridgehead atoms. The summed E-state index contributed by atoms with van der Waals surface area (Å²) in [7, 11) is 1.41. The van der Waals surface area contributed by atoms with Crippen molar-refractivity contribution in [3.8, 4) is 0 Å². The van der Waals surface area contributed by atoms with Gasteiger partial charge in [-0.2, -0.15) is 0 Å². The first-order valence-electron chi connectivity index (χ1n) is 4.52. The lowest BCUT2D eigenvalue weighted by Crippen LogP contribution is -2.03. The Balaban J connectivity index is 4.23. The van der Waals surface area contributed by atoms with Crippen LogP contribution >= 0.6 is 0 Å². The number of hydrogen-bond acceptors (Lipinski definition) is 2. The van der Waals surface area contributed by atoms with Crippen molar-refractivity contribution >= 4 is 5.97 Å². The molecule has 0 saturated carbocycles. The molecular formula is C11H18O2. The Labute approximate surface area is 80.3 Å². The van der Waals surface area contributed by atoms with E-state index in [1.54, 1.807) is 0 Å². The zero-order valence-corrected chi connectivity index (χ0v) is 8.89. The minimum absolute atomic E-state index is 0.218. The maximum Gasteiger partial charge on any atom is 0.333 e. The number of rotatable bonds is 4. The fraction of sp³-hybridized carbons (Fsp3) is 0.545. The molecule has 2 nitrogen and oxygen atoms in total. The van der Waals surface area contributed by atoms with E-state index in [9.17, 15) is 4.79 Å². The predicted octanol–water partition coefficient (Wildman–Crippen LogP) is 2.85. The summed E-state index contributed by atoms with van der Waals surface area (Å²) in [5.74, 6) is -0.218. The van der Waals surface area contributed by atoms with Gasteiger partial charge in [0.05, 0.1) is 7.11 Å². The molecule has 0 aromatic rings. The molecule has 0 saturated heterocycles. The number of allylic oxidation sites excluding steroid dienone is 3. The summed E-state index contributed by atoms with van der Waals surface area (Å²) in [5.41, 5.74) is 2.01. The molecule has 74 valence electrons. The van der Waals surface area contributed by atoms with Gasteiger partial charge in [-0.05, 0) is 26.7 Å². The average molecular weight is 182 g/mol. The fourth-order valence-electron chi connectivity index (χ4n) is 0.940. The molecule has 0 unspecified atom stereocenters. The predicted molar refractivity (Wildman–Crippen MR) is 54.4 cm³/mol.